The van der Waals surface area contributed by atoms with Gasteiger partial charge in [0, 0.05) is 7.11 Å². The molecule has 174 valence electrons. The summed E-state index contributed by atoms with van der Waals surface area (Å²) in [4.78, 5) is 0. The number of methoxy groups -OCH3 is 2. The van der Waals surface area contributed by atoms with Crippen molar-refractivity contribution in [1.82, 2.24) is 0 Å². The molecule has 0 aromatic heterocycles. The van der Waals surface area contributed by atoms with Crippen LogP contribution in [-0.4, -0.2) is 57.3 Å². The first-order valence-corrected chi connectivity index (χ1v) is 10.9. The lowest BCUT2D eigenvalue weighted by Gasteiger charge is -2.41. The van der Waals surface area contributed by atoms with Crippen molar-refractivity contribution in [3.8, 4) is 5.75 Å². The summed E-state index contributed by atoms with van der Waals surface area (Å²) in [6, 6.07) is 17.8. The highest BCUT2D eigenvalue weighted by atomic mass is 16.8. The molecule has 0 amide bonds. The SMILES string of the molecule is COc1ccc(CO[C@@H]2[C@H](OC)O[C@H](COCc3ccccc3)[C@H]3OC(C)(C)O[C@@H]23)cc1. The fraction of sp³-hybridized carbons (Fsp3) is 0.520. The largest absolute Gasteiger partial charge is 0.497 e. The summed E-state index contributed by atoms with van der Waals surface area (Å²) in [7, 11) is 3.25. The first kappa shape index (κ1) is 23.2. The van der Waals surface area contributed by atoms with Gasteiger partial charge in [0.2, 0.25) is 0 Å². The van der Waals surface area contributed by atoms with E-state index in [4.69, 9.17) is 33.2 Å². The highest BCUT2D eigenvalue weighted by molar-refractivity contribution is 5.26. The van der Waals surface area contributed by atoms with Crippen LogP contribution in [0.4, 0.5) is 0 Å². The first-order chi connectivity index (χ1) is 15.5. The van der Waals surface area contributed by atoms with E-state index in [0.29, 0.717) is 19.8 Å². The lowest BCUT2D eigenvalue weighted by Crippen LogP contribution is -2.58. The minimum absolute atomic E-state index is 0.326. The molecule has 32 heavy (non-hydrogen) atoms. The molecule has 0 saturated carbocycles. The van der Waals surface area contributed by atoms with E-state index in [9.17, 15) is 0 Å². The second-order valence-electron chi connectivity index (χ2n) is 8.47. The van der Waals surface area contributed by atoms with Crippen molar-refractivity contribution in [2.45, 2.75) is 63.6 Å². The third-order valence-corrected chi connectivity index (χ3v) is 5.66. The van der Waals surface area contributed by atoms with Crippen LogP contribution < -0.4 is 4.74 Å². The Hall–Kier alpha value is -2.00. The summed E-state index contributed by atoms with van der Waals surface area (Å²) < 4.78 is 41.7. The summed E-state index contributed by atoms with van der Waals surface area (Å²) in [5, 5.41) is 0. The Kier molecular flexibility index (Phi) is 7.45. The van der Waals surface area contributed by atoms with Gasteiger partial charge in [-0.25, -0.2) is 0 Å². The Morgan fingerprint density at radius 3 is 2.22 bits per heavy atom. The minimum Gasteiger partial charge on any atom is -0.497 e. The molecule has 0 spiro atoms. The van der Waals surface area contributed by atoms with Gasteiger partial charge in [0.15, 0.2) is 12.1 Å². The molecule has 4 rings (SSSR count). The van der Waals surface area contributed by atoms with Crippen molar-refractivity contribution in [3.63, 3.8) is 0 Å². The van der Waals surface area contributed by atoms with Crippen molar-refractivity contribution in [2.24, 2.45) is 0 Å². The standard InChI is InChI=1S/C25H32O7/c1-25(2)31-21-20(16-28-14-17-8-6-5-7-9-17)30-24(27-4)23(22(21)32-25)29-15-18-10-12-19(26-3)13-11-18/h5-13,20-24H,14-16H2,1-4H3/t20-,21-,22-,23+,24-/m1/s1. The molecule has 2 aliphatic heterocycles. The van der Waals surface area contributed by atoms with Crippen molar-refractivity contribution >= 4 is 0 Å². The molecule has 0 N–H and O–H groups in total. The zero-order chi connectivity index (χ0) is 22.6. The lowest BCUT2D eigenvalue weighted by molar-refractivity contribution is -0.288. The second-order valence-corrected chi connectivity index (χ2v) is 8.47. The molecule has 5 atom stereocenters. The predicted octanol–water partition coefficient (Wildman–Crippen LogP) is 3.69. The summed E-state index contributed by atoms with van der Waals surface area (Å²) in [6.07, 6.45) is -2.05. The lowest BCUT2D eigenvalue weighted by atomic mass is 9.99. The molecule has 2 saturated heterocycles. The molecule has 0 bridgehead atoms. The van der Waals surface area contributed by atoms with Crippen LogP contribution in [0.25, 0.3) is 0 Å². The molecule has 2 heterocycles. The van der Waals surface area contributed by atoms with Gasteiger partial charge in [-0.05, 0) is 37.1 Å². The predicted molar refractivity (Wildman–Crippen MR) is 117 cm³/mol. The third kappa shape index (κ3) is 5.49. The van der Waals surface area contributed by atoms with Gasteiger partial charge in [0.05, 0.1) is 26.9 Å². The highest BCUT2D eigenvalue weighted by Crippen LogP contribution is 2.39. The van der Waals surface area contributed by atoms with Crippen LogP contribution in [0.3, 0.4) is 0 Å². The minimum atomic E-state index is -0.749. The molecule has 2 aromatic rings. The van der Waals surface area contributed by atoms with Crippen molar-refractivity contribution in [2.75, 3.05) is 20.8 Å². The maximum Gasteiger partial charge on any atom is 0.186 e. The Bertz CT molecular complexity index is 839. The van der Waals surface area contributed by atoms with Crippen LogP contribution in [-0.2, 0) is 41.6 Å². The molecule has 2 fully saturated rings. The van der Waals surface area contributed by atoms with Gasteiger partial charge in [0.1, 0.15) is 30.2 Å². The number of ether oxygens (including phenoxy) is 7. The van der Waals surface area contributed by atoms with Crippen LogP contribution >= 0.6 is 0 Å². The van der Waals surface area contributed by atoms with E-state index in [0.717, 1.165) is 16.9 Å². The fourth-order valence-electron chi connectivity index (χ4n) is 4.12. The highest BCUT2D eigenvalue weighted by Gasteiger charge is 2.56. The van der Waals surface area contributed by atoms with E-state index in [1.54, 1.807) is 14.2 Å². The number of hydrogen-bond donors (Lipinski definition) is 0. The van der Waals surface area contributed by atoms with E-state index >= 15 is 0 Å². The normalized spacial score (nSPS) is 28.9. The number of rotatable bonds is 9. The smallest absolute Gasteiger partial charge is 0.186 e. The van der Waals surface area contributed by atoms with Crippen LogP contribution in [0.1, 0.15) is 25.0 Å². The zero-order valence-corrected chi connectivity index (χ0v) is 19.1. The monoisotopic (exact) mass is 444 g/mol. The van der Waals surface area contributed by atoms with Gasteiger partial charge in [0.25, 0.3) is 0 Å². The Labute approximate surface area is 189 Å². The van der Waals surface area contributed by atoms with Crippen molar-refractivity contribution in [1.29, 1.82) is 0 Å². The van der Waals surface area contributed by atoms with Crippen molar-refractivity contribution in [3.05, 3.63) is 65.7 Å². The average Bonchev–Trinajstić information content (AvgIpc) is 3.14. The summed E-state index contributed by atoms with van der Waals surface area (Å²) in [5.41, 5.74) is 2.12. The van der Waals surface area contributed by atoms with Gasteiger partial charge in [-0.3, -0.25) is 0 Å². The molecule has 7 heteroatoms. The topological polar surface area (TPSA) is 64.6 Å². The molecular weight excluding hydrogens is 412 g/mol. The number of fused-ring (bicyclic) bond motifs is 1. The van der Waals surface area contributed by atoms with Crippen LogP contribution in [0, 0.1) is 0 Å². The molecule has 0 aliphatic carbocycles. The van der Waals surface area contributed by atoms with E-state index < -0.39 is 18.2 Å². The summed E-state index contributed by atoms with van der Waals surface area (Å²) in [6.45, 7) is 5.04. The molecule has 0 unspecified atom stereocenters. The van der Waals surface area contributed by atoms with Crippen LogP contribution in [0.15, 0.2) is 54.6 Å². The second kappa shape index (κ2) is 10.3. The molecular formula is C25H32O7. The zero-order valence-electron chi connectivity index (χ0n) is 19.1. The summed E-state index contributed by atoms with van der Waals surface area (Å²) in [5.74, 6) is 0.0537. The van der Waals surface area contributed by atoms with E-state index in [2.05, 4.69) is 0 Å². The molecule has 2 aromatic carbocycles. The molecule has 7 nitrogen and oxygen atoms in total. The van der Waals surface area contributed by atoms with E-state index in [1.807, 2.05) is 68.4 Å². The van der Waals surface area contributed by atoms with Gasteiger partial charge >= 0.3 is 0 Å². The van der Waals surface area contributed by atoms with E-state index in [-0.39, 0.29) is 18.3 Å². The summed E-state index contributed by atoms with van der Waals surface area (Å²) >= 11 is 0. The first-order valence-electron chi connectivity index (χ1n) is 10.9. The van der Waals surface area contributed by atoms with Crippen molar-refractivity contribution < 1.29 is 33.2 Å². The van der Waals surface area contributed by atoms with Crippen LogP contribution in [0.2, 0.25) is 0 Å². The maximum absolute atomic E-state index is 6.24. The fourth-order valence-corrected chi connectivity index (χ4v) is 4.12. The Morgan fingerprint density at radius 2 is 1.53 bits per heavy atom. The van der Waals surface area contributed by atoms with E-state index in [1.165, 1.54) is 0 Å². The van der Waals surface area contributed by atoms with Gasteiger partial charge in [-0.15, -0.1) is 0 Å². The van der Waals surface area contributed by atoms with Crippen LogP contribution in [0.5, 0.6) is 5.75 Å². The van der Waals surface area contributed by atoms with Gasteiger partial charge in [-0.2, -0.15) is 0 Å². The van der Waals surface area contributed by atoms with Gasteiger partial charge in [-0.1, -0.05) is 42.5 Å². The van der Waals surface area contributed by atoms with Gasteiger partial charge < -0.3 is 33.2 Å². The Balaban J connectivity index is 1.42. The number of hydrogen-bond acceptors (Lipinski definition) is 7. The maximum atomic E-state index is 6.24. The Morgan fingerprint density at radius 1 is 0.844 bits per heavy atom. The number of benzene rings is 2. The average molecular weight is 445 g/mol. The molecule has 0 radical (unpaired) electrons. The molecule has 2 aliphatic rings. The third-order valence-electron chi connectivity index (χ3n) is 5.66. The quantitative estimate of drug-likeness (QED) is 0.584.